The van der Waals surface area contributed by atoms with Gasteiger partial charge in [-0.15, -0.1) is 0 Å². The van der Waals surface area contributed by atoms with Gasteiger partial charge in [-0.25, -0.2) is 4.99 Å². The number of carbonyl (C=O) groups is 1. The lowest BCUT2D eigenvalue weighted by Crippen LogP contribution is -2.19. The first-order valence-electron chi connectivity index (χ1n) is 8.79. The summed E-state index contributed by atoms with van der Waals surface area (Å²) in [7, 11) is 0. The van der Waals surface area contributed by atoms with E-state index in [9.17, 15) is 14.9 Å². The van der Waals surface area contributed by atoms with Gasteiger partial charge in [0, 0.05) is 28.8 Å². The van der Waals surface area contributed by atoms with E-state index in [1.165, 1.54) is 23.9 Å². The van der Waals surface area contributed by atoms with Crippen LogP contribution in [-0.4, -0.2) is 16.0 Å². The van der Waals surface area contributed by atoms with Gasteiger partial charge in [-0.1, -0.05) is 17.7 Å². The molecule has 1 saturated heterocycles. The summed E-state index contributed by atoms with van der Waals surface area (Å²) in [6, 6.07) is 15.0. The monoisotopic (exact) mass is 439 g/mol. The smallest absolute Gasteiger partial charge is 0.269 e. The Morgan fingerprint density at radius 3 is 2.63 bits per heavy atom. The number of amidine groups is 1. The van der Waals surface area contributed by atoms with Crippen LogP contribution in [0.15, 0.2) is 68.9 Å². The number of nitrogens with one attached hydrogen (secondary N) is 1. The van der Waals surface area contributed by atoms with Crippen LogP contribution < -0.4 is 5.32 Å². The molecule has 30 heavy (non-hydrogen) atoms. The summed E-state index contributed by atoms with van der Waals surface area (Å²) in [5, 5.41) is 14.5. The van der Waals surface area contributed by atoms with Crippen LogP contribution in [0.2, 0.25) is 5.02 Å². The second-order valence-electron chi connectivity index (χ2n) is 6.42. The van der Waals surface area contributed by atoms with Crippen molar-refractivity contribution in [2.75, 3.05) is 0 Å². The van der Waals surface area contributed by atoms with E-state index in [2.05, 4.69) is 10.3 Å². The van der Waals surface area contributed by atoms with E-state index in [-0.39, 0.29) is 11.6 Å². The molecular formula is C21H14ClN3O4S. The van der Waals surface area contributed by atoms with Gasteiger partial charge >= 0.3 is 0 Å². The summed E-state index contributed by atoms with van der Waals surface area (Å²) >= 11 is 7.32. The molecule has 7 nitrogen and oxygen atoms in total. The van der Waals surface area contributed by atoms with Gasteiger partial charge in [-0.05, 0) is 60.6 Å². The van der Waals surface area contributed by atoms with Gasteiger partial charge < -0.3 is 9.73 Å². The van der Waals surface area contributed by atoms with Crippen molar-refractivity contribution in [3.05, 3.63) is 86.0 Å². The molecule has 1 amide bonds. The van der Waals surface area contributed by atoms with Gasteiger partial charge in [-0.3, -0.25) is 14.9 Å². The maximum absolute atomic E-state index is 12.3. The number of carbonyl (C=O) groups excluding carboxylic acids is 1. The average Bonchev–Trinajstić information content (AvgIpc) is 3.32. The minimum Gasteiger partial charge on any atom is -0.457 e. The Morgan fingerprint density at radius 1 is 1.17 bits per heavy atom. The van der Waals surface area contributed by atoms with E-state index in [0.29, 0.717) is 37.9 Å². The van der Waals surface area contributed by atoms with Crippen LogP contribution >= 0.6 is 23.4 Å². The van der Waals surface area contributed by atoms with E-state index >= 15 is 0 Å². The van der Waals surface area contributed by atoms with Crippen LogP contribution in [0.5, 0.6) is 0 Å². The number of benzene rings is 2. The quantitative estimate of drug-likeness (QED) is 0.319. The number of aryl methyl sites for hydroxylation is 1. The maximum Gasteiger partial charge on any atom is 0.269 e. The van der Waals surface area contributed by atoms with Gasteiger partial charge in [0.25, 0.3) is 11.6 Å². The van der Waals surface area contributed by atoms with Crippen molar-refractivity contribution in [3.8, 4) is 11.3 Å². The summed E-state index contributed by atoms with van der Waals surface area (Å²) in [5.74, 6) is 0.759. The number of non-ortho nitro benzene ring substituents is 1. The Balaban J connectivity index is 1.52. The highest BCUT2D eigenvalue weighted by Crippen LogP contribution is 2.31. The molecule has 1 N–H and O–H groups in total. The molecule has 1 aliphatic rings. The Kier molecular flexibility index (Phi) is 5.43. The third kappa shape index (κ3) is 4.29. The van der Waals surface area contributed by atoms with Crippen molar-refractivity contribution < 1.29 is 14.1 Å². The molecule has 9 heteroatoms. The fourth-order valence-electron chi connectivity index (χ4n) is 2.71. The molecule has 0 aliphatic carbocycles. The molecule has 3 aromatic rings. The number of nitro groups is 1. The third-order valence-corrected chi connectivity index (χ3v) is 5.62. The fourth-order valence-corrected chi connectivity index (χ4v) is 3.71. The molecule has 0 atom stereocenters. The van der Waals surface area contributed by atoms with Crippen molar-refractivity contribution in [1.29, 1.82) is 0 Å². The van der Waals surface area contributed by atoms with Crippen molar-refractivity contribution in [2.45, 2.75) is 6.92 Å². The summed E-state index contributed by atoms with van der Waals surface area (Å²) < 4.78 is 5.77. The largest absolute Gasteiger partial charge is 0.457 e. The van der Waals surface area contributed by atoms with E-state index in [0.717, 1.165) is 5.56 Å². The van der Waals surface area contributed by atoms with Crippen LogP contribution in [0, 0.1) is 17.0 Å². The first-order chi connectivity index (χ1) is 14.4. The summed E-state index contributed by atoms with van der Waals surface area (Å²) in [6.07, 6.45) is 1.62. The Morgan fingerprint density at radius 2 is 1.93 bits per heavy atom. The fraction of sp³-hybridized carbons (Fsp3) is 0.0476. The number of hydrogen-bond donors (Lipinski definition) is 1. The number of rotatable bonds is 4. The molecule has 150 valence electrons. The predicted octanol–water partition coefficient (Wildman–Crippen LogP) is 5.71. The number of aliphatic imine (C=N–C) groups is 1. The minimum absolute atomic E-state index is 0.00774. The molecule has 0 unspecified atom stereocenters. The third-order valence-electron chi connectivity index (χ3n) is 4.30. The highest BCUT2D eigenvalue weighted by atomic mass is 35.5. The molecule has 1 fully saturated rings. The van der Waals surface area contributed by atoms with Crippen LogP contribution in [0.3, 0.4) is 0 Å². The zero-order valence-electron chi connectivity index (χ0n) is 15.6. The van der Waals surface area contributed by atoms with Crippen LogP contribution in [0.1, 0.15) is 11.3 Å². The molecule has 0 spiro atoms. The van der Waals surface area contributed by atoms with Crippen molar-refractivity contribution >= 4 is 51.9 Å². The molecule has 0 radical (unpaired) electrons. The molecule has 1 aromatic heterocycles. The maximum atomic E-state index is 12.3. The van der Waals surface area contributed by atoms with Gasteiger partial charge in [0.15, 0.2) is 5.17 Å². The van der Waals surface area contributed by atoms with E-state index in [1.54, 1.807) is 36.4 Å². The van der Waals surface area contributed by atoms with Crippen LogP contribution in [-0.2, 0) is 4.79 Å². The van der Waals surface area contributed by atoms with Gasteiger partial charge in [0.05, 0.1) is 15.5 Å². The van der Waals surface area contributed by atoms with Crippen molar-refractivity contribution in [2.24, 2.45) is 4.99 Å². The summed E-state index contributed by atoms with van der Waals surface area (Å²) in [6.45, 7) is 1.90. The Bertz CT molecular complexity index is 1220. The number of halogens is 1. The van der Waals surface area contributed by atoms with Gasteiger partial charge in [0.1, 0.15) is 11.5 Å². The Hall–Kier alpha value is -3.36. The van der Waals surface area contributed by atoms with Crippen molar-refractivity contribution in [1.82, 2.24) is 5.32 Å². The van der Waals surface area contributed by atoms with Crippen LogP contribution in [0.25, 0.3) is 17.4 Å². The van der Waals surface area contributed by atoms with Gasteiger partial charge in [0.2, 0.25) is 0 Å². The molecule has 2 heterocycles. The second-order valence-corrected chi connectivity index (χ2v) is 7.86. The number of hydrogen-bond acceptors (Lipinski definition) is 6. The van der Waals surface area contributed by atoms with E-state index < -0.39 is 4.92 Å². The van der Waals surface area contributed by atoms with Gasteiger partial charge in [-0.2, -0.15) is 0 Å². The van der Waals surface area contributed by atoms with Crippen molar-refractivity contribution in [3.63, 3.8) is 0 Å². The standard InChI is InChI=1S/C21H14ClN3O4S/c1-12-2-5-14(10-17(12)22)23-21-24-20(26)19(30-21)11-16-8-9-18(29-16)13-3-6-15(7-4-13)25(27)28/h2-11H,1H3,(H,23,24,26)/b19-11-. The lowest BCUT2D eigenvalue weighted by Gasteiger charge is -2.00. The molecule has 0 saturated carbocycles. The number of thioether (sulfide) groups is 1. The zero-order valence-corrected chi connectivity index (χ0v) is 17.2. The van der Waals surface area contributed by atoms with E-state index in [1.807, 2.05) is 19.1 Å². The molecule has 1 aliphatic heterocycles. The number of furan rings is 1. The lowest BCUT2D eigenvalue weighted by atomic mass is 10.1. The first-order valence-corrected chi connectivity index (χ1v) is 9.99. The number of nitro benzene ring substituents is 1. The first kappa shape index (κ1) is 19.9. The number of amides is 1. The molecular weight excluding hydrogens is 426 g/mol. The highest BCUT2D eigenvalue weighted by Gasteiger charge is 2.24. The van der Waals surface area contributed by atoms with Crippen LogP contribution in [0.4, 0.5) is 11.4 Å². The average molecular weight is 440 g/mol. The summed E-state index contributed by atoms with van der Waals surface area (Å²) in [4.78, 5) is 27.4. The number of nitrogens with zero attached hydrogens (tertiary/aromatic N) is 2. The highest BCUT2D eigenvalue weighted by molar-refractivity contribution is 8.18. The molecule has 4 rings (SSSR count). The lowest BCUT2D eigenvalue weighted by molar-refractivity contribution is -0.384. The molecule has 0 bridgehead atoms. The minimum atomic E-state index is -0.457. The van der Waals surface area contributed by atoms with E-state index in [4.69, 9.17) is 16.0 Å². The predicted molar refractivity (Wildman–Crippen MR) is 118 cm³/mol. The SMILES string of the molecule is Cc1ccc(N=C2NC(=O)/C(=C/c3ccc(-c4ccc([N+](=O)[O-])cc4)o3)S2)cc1Cl. The normalized spacial score (nSPS) is 16.3. The topological polar surface area (TPSA) is 97.7 Å². The Labute approximate surface area is 180 Å². The zero-order chi connectivity index (χ0) is 21.3. The second kappa shape index (κ2) is 8.17. The summed E-state index contributed by atoms with van der Waals surface area (Å²) in [5.41, 5.74) is 2.31. The molecule has 2 aromatic carbocycles.